The summed E-state index contributed by atoms with van der Waals surface area (Å²) < 4.78 is 1.54. The first-order valence-electron chi connectivity index (χ1n) is 4.83. The summed E-state index contributed by atoms with van der Waals surface area (Å²) in [6.07, 6.45) is 0.768. The Balaban J connectivity index is 2.14. The molecule has 0 saturated carbocycles. The zero-order valence-corrected chi connectivity index (χ0v) is 10.1. The Morgan fingerprint density at radius 1 is 1.29 bits per heavy atom. The number of carbonyl (C=O) groups is 1. The second-order valence-corrected chi connectivity index (χ2v) is 4.69. The quantitative estimate of drug-likeness (QED) is 0.668. The van der Waals surface area contributed by atoms with Gasteiger partial charge in [-0.05, 0) is 24.3 Å². The lowest BCUT2D eigenvalue weighted by Gasteiger charge is -1.94. The molecule has 0 radical (unpaired) electrons. The molecule has 2 aromatic heterocycles. The minimum absolute atomic E-state index is 0.512. The molecule has 0 aliphatic carbocycles. The van der Waals surface area contributed by atoms with Crippen molar-refractivity contribution in [1.82, 2.24) is 14.6 Å². The van der Waals surface area contributed by atoms with E-state index in [1.54, 1.807) is 22.0 Å². The summed E-state index contributed by atoms with van der Waals surface area (Å²) in [7, 11) is 0. The molecule has 3 aromatic rings. The van der Waals surface area contributed by atoms with E-state index in [2.05, 4.69) is 10.1 Å². The van der Waals surface area contributed by atoms with Crippen molar-refractivity contribution in [2.75, 3.05) is 0 Å². The fourth-order valence-corrected chi connectivity index (χ4v) is 2.40. The van der Waals surface area contributed by atoms with E-state index in [0.717, 1.165) is 11.8 Å². The fourth-order valence-electron chi connectivity index (χ4n) is 1.50. The average Bonchev–Trinajstić information content (AvgIpc) is 2.89. The van der Waals surface area contributed by atoms with Crippen molar-refractivity contribution in [3.8, 4) is 11.4 Å². The second kappa shape index (κ2) is 3.94. The second-order valence-electron chi connectivity index (χ2n) is 3.42. The summed E-state index contributed by atoms with van der Waals surface area (Å²) in [5, 5.41) is 6.68. The molecule has 0 aliphatic heterocycles. The number of rotatable bonds is 2. The van der Waals surface area contributed by atoms with E-state index in [1.807, 2.05) is 12.1 Å². The highest BCUT2D eigenvalue weighted by atomic mass is 35.5. The van der Waals surface area contributed by atoms with Gasteiger partial charge in [0.25, 0.3) is 0 Å². The van der Waals surface area contributed by atoms with Crippen molar-refractivity contribution in [3.63, 3.8) is 0 Å². The Kier molecular flexibility index (Phi) is 2.42. The van der Waals surface area contributed by atoms with E-state index in [4.69, 9.17) is 11.6 Å². The number of nitrogens with zero attached hydrogens (tertiary/aromatic N) is 3. The van der Waals surface area contributed by atoms with E-state index < -0.39 is 0 Å². The third kappa shape index (κ3) is 1.73. The lowest BCUT2D eigenvalue weighted by Crippen LogP contribution is -1.90. The highest BCUT2D eigenvalue weighted by molar-refractivity contribution is 7.15. The maximum Gasteiger partial charge on any atom is 0.213 e. The number of aromatic nitrogens is 3. The topological polar surface area (TPSA) is 47.3 Å². The Labute approximate surface area is 105 Å². The van der Waals surface area contributed by atoms with Gasteiger partial charge >= 0.3 is 0 Å². The van der Waals surface area contributed by atoms with E-state index in [0.29, 0.717) is 21.5 Å². The van der Waals surface area contributed by atoms with Crippen molar-refractivity contribution in [3.05, 3.63) is 40.4 Å². The van der Waals surface area contributed by atoms with Gasteiger partial charge in [-0.2, -0.15) is 9.50 Å². The first kappa shape index (κ1) is 10.4. The molecule has 0 aliphatic rings. The molecule has 0 spiro atoms. The summed E-state index contributed by atoms with van der Waals surface area (Å²) in [5.74, 6) is 0.594. The zero-order valence-electron chi connectivity index (χ0n) is 8.50. The van der Waals surface area contributed by atoms with Crippen LogP contribution in [0, 0.1) is 0 Å². The molecule has 3 rings (SSSR count). The molecule has 0 fully saturated rings. The Bertz CT molecular complexity index is 686. The van der Waals surface area contributed by atoms with Gasteiger partial charge in [0.05, 0.1) is 0 Å². The van der Waals surface area contributed by atoms with Gasteiger partial charge in [0.1, 0.15) is 5.69 Å². The van der Waals surface area contributed by atoms with E-state index in [1.165, 1.54) is 11.3 Å². The standard InChI is InChI=1S/C11H6ClN3OS/c12-8-3-1-7(2-4-8)10-13-11-15(14-10)9(5-16)6-17-11/h1-6H. The van der Waals surface area contributed by atoms with Crippen LogP contribution in [0.15, 0.2) is 29.6 Å². The highest BCUT2D eigenvalue weighted by Gasteiger charge is 2.10. The lowest BCUT2D eigenvalue weighted by molar-refractivity contribution is 0.111. The van der Waals surface area contributed by atoms with Crippen LogP contribution < -0.4 is 0 Å². The number of benzene rings is 1. The van der Waals surface area contributed by atoms with Gasteiger partial charge in [-0.15, -0.1) is 16.4 Å². The number of thiazole rings is 1. The molecular formula is C11H6ClN3OS. The van der Waals surface area contributed by atoms with Crippen molar-refractivity contribution in [2.24, 2.45) is 0 Å². The predicted octanol–water partition coefficient (Wildman–Crippen LogP) is 2.92. The number of hydrogen-bond acceptors (Lipinski definition) is 4. The average molecular weight is 264 g/mol. The van der Waals surface area contributed by atoms with Crippen molar-refractivity contribution in [1.29, 1.82) is 0 Å². The van der Waals surface area contributed by atoms with Gasteiger partial charge in [-0.1, -0.05) is 11.6 Å². The number of carbonyl (C=O) groups excluding carboxylic acids is 1. The maximum absolute atomic E-state index is 10.8. The van der Waals surface area contributed by atoms with Gasteiger partial charge in [0, 0.05) is 16.0 Å². The van der Waals surface area contributed by atoms with Crippen molar-refractivity contribution in [2.45, 2.75) is 0 Å². The summed E-state index contributed by atoms with van der Waals surface area (Å²) >= 11 is 7.20. The monoisotopic (exact) mass is 263 g/mol. The minimum atomic E-state index is 0.512. The largest absolute Gasteiger partial charge is 0.296 e. The molecule has 84 valence electrons. The van der Waals surface area contributed by atoms with Crippen LogP contribution in [0.2, 0.25) is 5.02 Å². The SMILES string of the molecule is O=Cc1csc2nc(-c3ccc(Cl)cc3)nn12. The molecule has 0 saturated heterocycles. The van der Waals surface area contributed by atoms with E-state index >= 15 is 0 Å². The Morgan fingerprint density at radius 2 is 2.06 bits per heavy atom. The Hall–Kier alpha value is -1.72. The summed E-state index contributed by atoms with van der Waals surface area (Å²) in [5.41, 5.74) is 1.39. The first-order valence-corrected chi connectivity index (χ1v) is 6.09. The molecular weight excluding hydrogens is 258 g/mol. The van der Waals surface area contributed by atoms with Gasteiger partial charge in [-0.25, -0.2) is 0 Å². The summed E-state index contributed by atoms with van der Waals surface area (Å²) in [6.45, 7) is 0. The van der Waals surface area contributed by atoms with Crippen LogP contribution in [0.3, 0.4) is 0 Å². The minimum Gasteiger partial charge on any atom is -0.296 e. The van der Waals surface area contributed by atoms with Crippen LogP contribution in [0.4, 0.5) is 0 Å². The van der Waals surface area contributed by atoms with Gasteiger partial charge < -0.3 is 0 Å². The Morgan fingerprint density at radius 3 is 2.76 bits per heavy atom. The van der Waals surface area contributed by atoms with Crippen molar-refractivity contribution < 1.29 is 4.79 Å². The zero-order chi connectivity index (χ0) is 11.8. The third-order valence-corrected chi connectivity index (χ3v) is 3.42. The van der Waals surface area contributed by atoms with Crippen LogP contribution >= 0.6 is 22.9 Å². The number of hydrogen-bond donors (Lipinski definition) is 0. The number of aldehydes is 1. The fraction of sp³-hybridized carbons (Fsp3) is 0. The molecule has 17 heavy (non-hydrogen) atoms. The summed E-state index contributed by atoms with van der Waals surface area (Å²) in [4.78, 5) is 15.8. The molecule has 0 amide bonds. The van der Waals surface area contributed by atoms with Crippen LogP contribution in [0.25, 0.3) is 16.3 Å². The van der Waals surface area contributed by atoms with Crippen LogP contribution in [-0.4, -0.2) is 20.9 Å². The smallest absolute Gasteiger partial charge is 0.213 e. The van der Waals surface area contributed by atoms with Crippen LogP contribution in [-0.2, 0) is 0 Å². The van der Waals surface area contributed by atoms with Gasteiger partial charge in [-0.3, -0.25) is 4.79 Å². The van der Waals surface area contributed by atoms with E-state index in [-0.39, 0.29) is 0 Å². The highest BCUT2D eigenvalue weighted by Crippen LogP contribution is 2.21. The molecule has 1 aromatic carbocycles. The maximum atomic E-state index is 10.8. The lowest BCUT2D eigenvalue weighted by atomic mass is 10.2. The first-order chi connectivity index (χ1) is 8.28. The molecule has 0 atom stereocenters. The van der Waals surface area contributed by atoms with Crippen LogP contribution in [0.5, 0.6) is 0 Å². The summed E-state index contributed by atoms with van der Waals surface area (Å²) in [6, 6.07) is 7.27. The molecule has 0 N–H and O–H groups in total. The number of fused-ring (bicyclic) bond motifs is 1. The number of halogens is 1. The van der Waals surface area contributed by atoms with Crippen molar-refractivity contribution >= 4 is 34.2 Å². The van der Waals surface area contributed by atoms with Crippen LogP contribution in [0.1, 0.15) is 10.5 Å². The molecule has 4 nitrogen and oxygen atoms in total. The molecule has 6 heteroatoms. The molecule has 0 bridgehead atoms. The van der Waals surface area contributed by atoms with Gasteiger partial charge in [0.15, 0.2) is 12.1 Å². The molecule has 2 heterocycles. The van der Waals surface area contributed by atoms with Gasteiger partial charge in [0.2, 0.25) is 4.96 Å². The molecule has 0 unspecified atom stereocenters. The normalized spacial score (nSPS) is 10.9. The predicted molar refractivity (Wildman–Crippen MR) is 66.7 cm³/mol. The van der Waals surface area contributed by atoms with E-state index in [9.17, 15) is 4.79 Å². The third-order valence-electron chi connectivity index (χ3n) is 2.33.